The van der Waals surface area contributed by atoms with E-state index in [1.54, 1.807) is 16.9 Å². The third-order valence-electron chi connectivity index (χ3n) is 3.80. The molecule has 0 saturated heterocycles. The highest BCUT2D eigenvalue weighted by Crippen LogP contribution is 2.32. The molecule has 5 nitrogen and oxygen atoms in total. The first-order valence-corrected chi connectivity index (χ1v) is 7.94. The van der Waals surface area contributed by atoms with E-state index in [0.717, 1.165) is 29.7 Å². The summed E-state index contributed by atoms with van der Waals surface area (Å²) in [6.07, 6.45) is 5.19. The first-order chi connectivity index (χ1) is 11.1. The highest BCUT2D eigenvalue weighted by Gasteiger charge is 2.15. The van der Waals surface area contributed by atoms with E-state index in [4.69, 9.17) is 12.2 Å². The summed E-state index contributed by atoms with van der Waals surface area (Å²) in [5.41, 5.74) is 2.39. The maximum atomic E-state index is 12.2. The lowest BCUT2D eigenvalue weighted by molar-refractivity contribution is 0.398. The highest BCUT2D eigenvalue weighted by atomic mass is 32.1. The van der Waals surface area contributed by atoms with E-state index in [2.05, 4.69) is 16.9 Å². The summed E-state index contributed by atoms with van der Waals surface area (Å²) in [6, 6.07) is 7.67. The summed E-state index contributed by atoms with van der Waals surface area (Å²) in [7, 11) is 0. The molecule has 0 bridgehead atoms. The Kier molecular flexibility index (Phi) is 4.25. The number of aromatic amines is 1. The maximum absolute atomic E-state index is 12.2. The van der Waals surface area contributed by atoms with Gasteiger partial charge in [0.15, 0.2) is 4.77 Å². The average Bonchev–Trinajstić information content (AvgIpc) is 2.94. The molecule has 0 aliphatic carbocycles. The molecule has 0 radical (unpaired) electrons. The zero-order valence-corrected chi connectivity index (χ0v) is 13.6. The standard InChI is InChI=1S/C17H17N3O2S/c1-2-3-8-20-16(22)13(15(21)19-17(20)23)9-11-10-18-14-7-5-4-6-12(11)14/h4-7,9-10,22H,2-3,8H2,1H3,(H,19,21,23). The van der Waals surface area contributed by atoms with Gasteiger partial charge < -0.3 is 5.11 Å². The van der Waals surface area contributed by atoms with Crippen molar-refractivity contribution < 1.29 is 5.11 Å². The zero-order valence-electron chi connectivity index (χ0n) is 12.7. The molecule has 118 valence electrons. The van der Waals surface area contributed by atoms with Crippen molar-refractivity contribution in [3.63, 3.8) is 0 Å². The third kappa shape index (κ3) is 2.90. The topological polar surface area (TPSA) is 70.4 Å². The Hall–Kier alpha value is -2.47. The molecule has 1 aliphatic heterocycles. The van der Waals surface area contributed by atoms with E-state index in [-0.39, 0.29) is 16.2 Å². The van der Waals surface area contributed by atoms with Crippen LogP contribution >= 0.6 is 12.2 Å². The molecule has 0 atom stereocenters. The van der Waals surface area contributed by atoms with E-state index in [1.807, 2.05) is 24.3 Å². The number of nitrogens with zero attached hydrogens (tertiary/aromatic N) is 2. The zero-order chi connectivity index (χ0) is 16.4. The van der Waals surface area contributed by atoms with Crippen LogP contribution in [0.5, 0.6) is 5.88 Å². The van der Waals surface area contributed by atoms with Crippen molar-refractivity contribution in [1.29, 1.82) is 0 Å². The Morgan fingerprint density at radius 3 is 2.96 bits per heavy atom. The van der Waals surface area contributed by atoms with E-state index >= 15 is 0 Å². The smallest absolute Gasteiger partial charge is 0.262 e. The van der Waals surface area contributed by atoms with Crippen molar-refractivity contribution in [3.05, 3.63) is 50.5 Å². The number of allylic oxidation sites excluding steroid dienone is 1. The van der Waals surface area contributed by atoms with Gasteiger partial charge in [0.2, 0.25) is 5.88 Å². The molecule has 1 aliphatic rings. The van der Waals surface area contributed by atoms with Gasteiger partial charge in [0.25, 0.3) is 5.56 Å². The van der Waals surface area contributed by atoms with Crippen molar-refractivity contribution in [1.82, 2.24) is 9.55 Å². The Balaban J connectivity index is 2.11. The molecule has 0 unspecified atom stereocenters. The number of nitrogens with one attached hydrogen (secondary N) is 1. The number of aromatic nitrogens is 2. The van der Waals surface area contributed by atoms with Crippen molar-refractivity contribution in [3.8, 4) is 5.88 Å². The Morgan fingerprint density at radius 2 is 2.17 bits per heavy atom. The maximum Gasteiger partial charge on any atom is 0.262 e. The van der Waals surface area contributed by atoms with E-state index in [9.17, 15) is 9.90 Å². The Morgan fingerprint density at radius 1 is 1.39 bits per heavy atom. The number of hydrogen-bond acceptors (Lipinski definition) is 4. The number of para-hydroxylation sites is 1. The molecular formula is C17H17N3O2S. The van der Waals surface area contributed by atoms with Crippen LogP contribution in [0.3, 0.4) is 0 Å². The first kappa shape index (κ1) is 15.4. The molecule has 1 aromatic carbocycles. The molecule has 2 aromatic rings. The lowest BCUT2D eigenvalue weighted by Gasteiger charge is -2.11. The van der Waals surface area contributed by atoms with Gasteiger partial charge in [-0.3, -0.25) is 19.3 Å². The largest absolute Gasteiger partial charge is 0.494 e. The molecule has 0 fully saturated rings. The first-order valence-electron chi connectivity index (χ1n) is 7.53. The number of fused-ring (bicyclic) bond motifs is 1. The monoisotopic (exact) mass is 327 g/mol. The molecule has 2 heterocycles. The van der Waals surface area contributed by atoms with Gasteiger partial charge in [-0.1, -0.05) is 31.5 Å². The average molecular weight is 327 g/mol. The van der Waals surface area contributed by atoms with Crippen LogP contribution in [0.15, 0.2) is 34.1 Å². The van der Waals surface area contributed by atoms with Gasteiger partial charge in [0.05, 0.1) is 5.69 Å². The summed E-state index contributed by atoms with van der Waals surface area (Å²) >= 11 is 5.15. The fraction of sp³-hybridized carbons (Fsp3) is 0.235. The predicted octanol–water partition coefficient (Wildman–Crippen LogP) is 3.67. The summed E-state index contributed by atoms with van der Waals surface area (Å²) in [5.74, 6) is -0.0996. The van der Waals surface area contributed by atoms with Crippen LogP contribution in [-0.2, 0) is 6.54 Å². The van der Waals surface area contributed by atoms with Gasteiger partial charge in [-0.15, -0.1) is 0 Å². The molecule has 0 saturated carbocycles. The minimum atomic E-state index is -0.398. The molecule has 3 rings (SSSR count). The third-order valence-corrected chi connectivity index (χ3v) is 4.12. The normalized spacial score (nSPS) is 14.4. The number of unbranched alkanes of at least 4 members (excludes halogenated alkanes) is 1. The van der Waals surface area contributed by atoms with Crippen LogP contribution in [0.25, 0.3) is 11.6 Å². The van der Waals surface area contributed by atoms with E-state index in [1.165, 1.54) is 0 Å². The quantitative estimate of drug-likeness (QED) is 0.842. The van der Waals surface area contributed by atoms with Crippen molar-refractivity contribution >= 4 is 35.8 Å². The minimum Gasteiger partial charge on any atom is -0.494 e. The van der Waals surface area contributed by atoms with Gasteiger partial charge in [0.1, 0.15) is 5.56 Å². The van der Waals surface area contributed by atoms with Crippen molar-refractivity contribution in [2.24, 2.45) is 4.99 Å². The minimum absolute atomic E-state index is 0.0996. The van der Waals surface area contributed by atoms with Crippen LogP contribution in [0.2, 0.25) is 0 Å². The van der Waals surface area contributed by atoms with Gasteiger partial charge in [-0.05, 0) is 30.8 Å². The van der Waals surface area contributed by atoms with Gasteiger partial charge in [0, 0.05) is 23.9 Å². The highest BCUT2D eigenvalue weighted by molar-refractivity contribution is 7.71. The number of aliphatic imine (C=N–C) groups is 1. The van der Waals surface area contributed by atoms with Gasteiger partial charge in [-0.25, -0.2) is 0 Å². The van der Waals surface area contributed by atoms with Gasteiger partial charge >= 0.3 is 0 Å². The Bertz CT molecular complexity index is 922. The van der Waals surface area contributed by atoms with E-state index < -0.39 is 5.56 Å². The molecule has 23 heavy (non-hydrogen) atoms. The van der Waals surface area contributed by atoms with Crippen LogP contribution < -0.4 is 5.56 Å². The Labute approximate surface area is 138 Å². The number of rotatable bonds is 4. The molecular weight excluding hydrogens is 310 g/mol. The summed E-state index contributed by atoms with van der Waals surface area (Å²) < 4.78 is 1.80. The molecule has 2 N–H and O–H groups in total. The number of aromatic hydroxyl groups is 1. The van der Waals surface area contributed by atoms with Gasteiger partial charge in [-0.2, -0.15) is 0 Å². The number of H-pyrrole nitrogens is 1. The molecule has 0 spiro atoms. The summed E-state index contributed by atoms with van der Waals surface area (Å²) in [6.45, 7) is 2.62. The van der Waals surface area contributed by atoms with Crippen LogP contribution in [0.1, 0.15) is 30.9 Å². The number of hydrogen-bond donors (Lipinski definition) is 2. The van der Waals surface area contributed by atoms with E-state index in [0.29, 0.717) is 6.54 Å². The van der Waals surface area contributed by atoms with Crippen molar-refractivity contribution in [2.75, 3.05) is 0 Å². The molecule has 0 amide bonds. The fourth-order valence-corrected chi connectivity index (χ4v) is 2.81. The second kappa shape index (κ2) is 6.34. The number of benzene rings is 1. The summed E-state index contributed by atoms with van der Waals surface area (Å²) in [4.78, 5) is 19.1. The lowest BCUT2D eigenvalue weighted by atomic mass is 10.1. The molecule has 1 aromatic heterocycles. The SMILES string of the molecule is CCCCn1c(O)c(C=C2C=Nc3ccccc32)c(=O)[nH]c1=S. The molecule has 6 heteroatoms. The lowest BCUT2D eigenvalue weighted by Crippen LogP contribution is -2.17. The second-order valence-corrected chi connectivity index (χ2v) is 5.76. The predicted molar refractivity (Wildman–Crippen MR) is 94.9 cm³/mol. The fourth-order valence-electron chi connectivity index (χ4n) is 2.54. The van der Waals surface area contributed by atoms with Crippen LogP contribution in [0, 0.1) is 4.77 Å². The van der Waals surface area contributed by atoms with Crippen molar-refractivity contribution in [2.45, 2.75) is 26.3 Å². The second-order valence-electron chi connectivity index (χ2n) is 5.38. The van der Waals surface area contributed by atoms with Crippen LogP contribution in [-0.4, -0.2) is 20.9 Å². The summed E-state index contributed by atoms with van der Waals surface area (Å²) in [5, 5.41) is 10.5. The van der Waals surface area contributed by atoms with Crippen LogP contribution in [0.4, 0.5) is 5.69 Å².